The van der Waals surface area contributed by atoms with Crippen LogP contribution in [-0.4, -0.2) is 65.5 Å². The number of nitrogens with zero attached hydrogens (tertiary/aromatic N) is 1. The minimum atomic E-state index is -4.79. The maximum Gasteiger partial charge on any atom is 0.407 e. The number of hydrogen-bond donors (Lipinski definition) is 1. The molecule has 0 radical (unpaired) electrons. The van der Waals surface area contributed by atoms with Crippen molar-refractivity contribution in [3.05, 3.63) is 47.8 Å². The molecular weight excluding hydrogens is 508 g/mol. The quantitative estimate of drug-likeness (QED) is 0.241. The summed E-state index contributed by atoms with van der Waals surface area (Å²) in [5.41, 5.74) is 0.891. The minimum Gasteiger partial charge on any atom is -0.468 e. The summed E-state index contributed by atoms with van der Waals surface area (Å²) in [4.78, 5) is 14.2. The standard InChI is InChI=1S/C27H34F4N2O5/c1-17(2)13-23(26(34)36-4)32-25(27(29,30)31)18-5-7-20(22(28)14-18)21-15-19(33-9-11-37-12-10-33)6-8-24(21)38-16-35-3/h5-8,14-15,17,23,25,32H,9-13,16H2,1-4H3/t23-,25?/m0/s1. The molecule has 1 aliphatic heterocycles. The summed E-state index contributed by atoms with van der Waals surface area (Å²) in [5.74, 6) is -1.43. The fourth-order valence-electron chi connectivity index (χ4n) is 4.35. The monoisotopic (exact) mass is 542 g/mol. The molecule has 0 aromatic heterocycles. The zero-order valence-electron chi connectivity index (χ0n) is 21.9. The molecular formula is C27H34F4N2O5. The lowest BCUT2D eigenvalue weighted by Gasteiger charge is -2.29. The van der Waals surface area contributed by atoms with Gasteiger partial charge in [-0.1, -0.05) is 26.0 Å². The van der Waals surface area contributed by atoms with Crippen LogP contribution in [0.3, 0.4) is 0 Å². The second-order valence-corrected chi connectivity index (χ2v) is 9.42. The van der Waals surface area contributed by atoms with Gasteiger partial charge in [0.2, 0.25) is 0 Å². The molecule has 0 spiro atoms. The first-order valence-electron chi connectivity index (χ1n) is 12.3. The summed E-state index contributed by atoms with van der Waals surface area (Å²) in [5, 5.41) is 2.34. The van der Waals surface area contributed by atoms with Crippen molar-refractivity contribution in [2.45, 2.75) is 38.5 Å². The highest BCUT2D eigenvalue weighted by Crippen LogP contribution is 2.39. The largest absolute Gasteiger partial charge is 0.468 e. The van der Waals surface area contributed by atoms with E-state index in [-0.39, 0.29) is 30.3 Å². The molecule has 0 aliphatic carbocycles. The molecule has 1 saturated heterocycles. The lowest BCUT2D eigenvalue weighted by molar-refractivity contribution is -0.164. The molecule has 7 nitrogen and oxygen atoms in total. The molecule has 1 heterocycles. The third-order valence-electron chi connectivity index (χ3n) is 6.18. The van der Waals surface area contributed by atoms with Crippen LogP contribution < -0.4 is 15.0 Å². The number of morpholine rings is 1. The number of benzene rings is 2. The highest BCUT2D eigenvalue weighted by atomic mass is 19.4. The Morgan fingerprint density at radius 3 is 2.37 bits per heavy atom. The maximum absolute atomic E-state index is 15.5. The molecule has 0 bridgehead atoms. The average molecular weight is 543 g/mol. The summed E-state index contributed by atoms with van der Waals surface area (Å²) in [6.07, 6.45) is -4.67. The van der Waals surface area contributed by atoms with Crippen LogP contribution >= 0.6 is 0 Å². The van der Waals surface area contributed by atoms with Gasteiger partial charge in [-0.3, -0.25) is 10.1 Å². The van der Waals surface area contributed by atoms with E-state index in [0.29, 0.717) is 37.6 Å². The molecule has 3 rings (SSSR count). The Morgan fingerprint density at radius 2 is 1.79 bits per heavy atom. The second-order valence-electron chi connectivity index (χ2n) is 9.42. The van der Waals surface area contributed by atoms with Gasteiger partial charge in [0.15, 0.2) is 6.79 Å². The molecule has 0 saturated carbocycles. The first kappa shape index (κ1) is 29.7. The normalized spacial score (nSPS) is 15.9. The zero-order valence-corrected chi connectivity index (χ0v) is 21.9. The van der Waals surface area contributed by atoms with Crippen molar-refractivity contribution in [1.29, 1.82) is 0 Å². The van der Waals surface area contributed by atoms with Crippen LogP contribution in [-0.2, 0) is 19.0 Å². The third kappa shape index (κ3) is 7.58. The number of hydrogen-bond acceptors (Lipinski definition) is 7. The number of carbonyl (C=O) groups excluding carboxylic acids is 1. The highest BCUT2D eigenvalue weighted by Gasteiger charge is 2.43. The fraction of sp³-hybridized carbons (Fsp3) is 0.519. The topological polar surface area (TPSA) is 69.3 Å². The van der Waals surface area contributed by atoms with Gasteiger partial charge in [0.05, 0.1) is 20.3 Å². The Hall–Kier alpha value is -2.89. The van der Waals surface area contributed by atoms with E-state index in [1.165, 1.54) is 19.2 Å². The van der Waals surface area contributed by atoms with E-state index in [1.807, 2.05) is 6.07 Å². The van der Waals surface area contributed by atoms with E-state index in [2.05, 4.69) is 10.2 Å². The van der Waals surface area contributed by atoms with Crippen molar-refractivity contribution in [3.8, 4) is 16.9 Å². The summed E-state index contributed by atoms with van der Waals surface area (Å²) in [6, 6.07) is 5.09. The number of ether oxygens (including phenoxy) is 4. The number of carbonyl (C=O) groups is 1. The molecule has 1 fully saturated rings. The van der Waals surface area contributed by atoms with Gasteiger partial charge >= 0.3 is 12.1 Å². The predicted molar refractivity (Wildman–Crippen MR) is 135 cm³/mol. The maximum atomic E-state index is 15.5. The van der Waals surface area contributed by atoms with E-state index < -0.39 is 30.0 Å². The SMILES string of the molecule is COCOc1ccc(N2CCOCC2)cc1-c1ccc(C(N[C@@H](CC(C)C)C(=O)OC)C(F)(F)F)cc1F. The van der Waals surface area contributed by atoms with Gasteiger partial charge in [-0.15, -0.1) is 0 Å². The molecule has 0 amide bonds. The van der Waals surface area contributed by atoms with E-state index in [4.69, 9.17) is 18.9 Å². The van der Waals surface area contributed by atoms with Gasteiger partial charge in [0.25, 0.3) is 0 Å². The van der Waals surface area contributed by atoms with Gasteiger partial charge in [-0.25, -0.2) is 4.39 Å². The smallest absolute Gasteiger partial charge is 0.407 e. The van der Waals surface area contributed by atoms with Gasteiger partial charge in [0.1, 0.15) is 23.7 Å². The van der Waals surface area contributed by atoms with Crippen LogP contribution in [0.2, 0.25) is 0 Å². The van der Waals surface area contributed by atoms with Crippen LogP contribution in [0, 0.1) is 11.7 Å². The lowest BCUT2D eigenvalue weighted by Crippen LogP contribution is -2.45. The number of halogens is 4. The minimum absolute atomic E-state index is 0.0718. The number of anilines is 1. The van der Waals surface area contributed by atoms with Crippen molar-refractivity contribution in [3.63, 3.8) is 0 Å². The molecule has 1 aliphatic rings. The van der Waals surface area contributed by atoms with Gasteiger partial charge < -0.3 is 23.8 Å². The van der Waals surface area contributed by atoms with E-state index in [0.717, 1.165) is 18.9 Å². The van der Waals surface area contributed by atoms with E-state index in [9.17, 15) is 18.0 Å². The van der Waals surface area contributed by atoms with Crippen LogP contribution in [0.1, 0.15) is 31.9 Å². The predicted octanol–water partition coefficient (Wildman–Crippen LogP) is 5.09. The first-order valence-corrected chi connectivity index (χ1v) is 12.3. The number of esters is 1. The summed E-state index contributed by atoms with van der Waals surface area (Å²) in [7, 11) is 2.56. The number of alkyl halides is 3. The van der Waals surface area contributed by atoms with Crippen LogP contribution in [0.5, 0.6) is 5.75 Å². The number of rotatable bonds is 11. The Morgan fingerprint density at radius 1 is 1.08 bits per heavy atom. The molecule has 1 unspecified atom stereocenters. The summed E-state index contributed by atoms with van der Waals surface area (Å²) in [6.45, 7) is 5.87. The zero-order chi connectivity index (χ0) is 27.9. The van der Waals surface area contributed by atoms with E-state index in [1.54, 1.807) is 26.0 Å². The number of methoxy groups -OCH3 is 2. The Bertz CT molecular complexity index is 1070. The van der Waals surface area contributed by atoms with Gasteiger partial charge in [-0.05, 0) is 42.2 Å². The number of nitrogens with one attached hydrogen (secondary N) is 1. The van der Waals surface area contributed by atoms with Crippen molar-refractivity contribution >= 4 is 11.7 Å². The Labute approximate surface area is 220 Å². The molecule has 2 aromatic rings. The Balaban J connectivity index is 2.00. The van der Waals surface area contributed by atoms with Crippen LogP contribution in [0.15, 0.2) is 36.4 Å². The molecule has 210 valence electrons. The van der Waals surface area contributed by atoms with E-state index >= 15 is 4.39 Å². The average Bonchev–Trinajstić information content (AvgIpc) is 2.89. The van der Waals surface area contributed by atoms with Crippen molar-refractivity contribution in [1.82, 2.24) is 5.32 Å². The van der Waals surface area contributed by atoms with Crippen molar-refractivity contribution in [2.24, 2.45) is 5.92 Å². The highest BCUT2D eigenvalue weighted by molar-refractivity contribution is 5.76. The van der Waals surface area contributed by atoms with Crippen molar-refractivity contribution < 1.29 is 41.3 Å². The Kier molecular flexibility index (Phi) is 10.3. The van der Waals surface area contributed by atoms with Crippen molar-refractivity contribution in [2.75, 3.05) is 52.2 Å². The summed E-state index contributed by atoms with van der Waals surface area (Å²) < 4.78 is 78.5. The summed E-state index contributed by atoms with van der Waals surface area (Å²) >= 11 is 0. The van der Waals surface area contributed by atoms with Gasteiger partial charge in [0, 0.05) is 37.0 Å². The van der Waals surface area contributed by atoms with Crippen LogP contribution in [0.4, 0.5) is 23.2 Å². The lowest BCUT2D eigenvalue weighted by atomic mass is 9.96. The van der Waals surface area contributed by atoms with Gasteiger partial charge in [-0.2, -0.15) is 13.2 Å². The molecule has 2 aromatic carbocycles. The van der Waals surface area contributed by atoms with Crippen LogP contribution in [0.25, 0.3) is 11.1 Å². The molecule has 2 atom stereocenters. The fourth-order valence-corrected chi connectivity index (χ4v) is 4.35. The second kappa shape index (κ2) is 13.3. The third-order valence-corrected chi connectivity index (χ3v) is 6.18. The molecule has 11 heteroatoms. The first-order chi connectivity index (χ1) is 18.0. The molecule has 1 N–H and O–H groups in total. The molecule has 38 heavy (non-hydrogen) atoms.